The minimum Gasteiger partial charge on any atom is -0.384 e. The molecule has 0 heterocycles. The smallest absolute Gasteiger partial charge is 0.0399 e. The summed E-state index contributed by atoms with van der Waals surface area (Å²) in [6.07, 6.45) is 0. The first-order valence-corrected chi connectivity index (χ1v) is 6.29. The summed E-state index contributed by atoms with van der Waals surface area (Å²) in [4.78, 5) is 0. The Morgan fingerprint density at radius 2 is 1.86 bits per heavy atom. The van der Waals surface area contributed by atoms with E-state index in [0.717, 1.165) is 6.54 Å². The molecule has 0 fully saturated rings. The van der Waals surface area contributed by atoms with Crippen LogP contribution in [0.2, 0.25) is 0 Å². The summed E-state index contributed by atoms with van der Waals surface area (Å²) >= 11 is 1.98. The Morgan fingerprint density at radius 1 is 1.21 bits per heavy atom. The van der Waals surface area contributed by atoms with Crippen molar-refractivity contribution in [2.24, 2.45) is 0 Å². The molecule has 78 valence electrons. The number of anilines is 1. The van der Waals surface area contributed by atoms with Crippen LogP contribution in [-0.4, -0.2) is 18.1 Å². The van der Waals surface area contributed by atoms with Crippen molar-refractivity contribution in [1.29, 1.82) is 0 Å². The van der Waals surface area contributed by atoms with Crippen LogP contribution < -0.4 is 5.32 Å². The standard InChI is InChI=1S/C12H19NS/c1-4-14-9-8-13-12-10(2)6-5-7-11(12)3/h5-7,13H,4,8-9H2,1-3H3. The predicted octanol–water partition coefficient (Wildman–Crippen LogP) is 3.47. The van der Waals surface area contributed by atoms with Crippen LogP contribution in [0.25, 0.3) is 0 Å². The van der Waals surface area contributed by atoms with Crippen molar-refractivity contribution < 1.29 is 0 Å². The Kier molecular flexibility index (Phi) is 4.88. The molecule has 1 nitrogen and oxygen atoms in total. The van der Waals surface area contributed by atoms with Crippen LogP contribution in [0.5, 0.6) is 0 Å². The second-order valence-electron chi connectivity index (χ2n) is 3.39. The second-order valence-corrected chi connectivity index (χ2v) is 4.78. The van der Waals surface area contributed by atoms with Crippen LogP contribution in [0, 0.1) is 13.8 Å². The van der Waals surface area contributed by atoms with E-state index in [1.807, 2.05) is 11.8 Å². The summed E-state index contributed by atoms with van der Waals surface area (Å²) in [5.41, 5.74) is 3.99. The van der Waals surface area contributed by atoms with Crippen molar-refractivity contribution in [2.75, 3.05) is 23.4 Å². The Labute approximate surface area is 91.3 Å². The molecule has 1 aromatic rings. The topological polar surface area (TPSA) is 12.0 Å². The van der Waals surface area contributed by atoms with Gasteiger partial charge in [-0.15, -0.1) is 0 Å². The van der Waals surface area contributed by atoms with E-state index in [1.165, 1.54) is 28.3 Å². The maximum atomic E-state index is 3.50. The van der Waals surface area contributed by atoms with E-state index in [9.17, 15) is 0 Å². The van der Waals surface area contributed by atoms with E-state index in [-0.39, 0.29) is 0 Å². The fourth-order valence-electron chi connectivity index (χ4n) is 1.49. The monoisotopic (exact) mass is 209 g/mol. The first-order chi connectivity index (χ1) is 6.75. The van der Waals surface area contributed by atoms with Crippen LogP contribution in [0.3, 0.4) is 0 Å². The Hall–Kier alpha value is -0.630. The predicted molar refractivity (Wildman–Crippen MR) is 67.4 cm³/mol. The molecule has 0 atom stereocenters. The summed E-state index contributed by atoms with van der Waals surface area (Å²) in [6.45, 7) is 7.57. The van der Waals surface area contributed by atoms with Gasteiger partial charge in [-0.2, -0.15) is 11.8 Å². The molecule has 1 N–H and O–H groups in total. The van der Waals surface area contributed by atoms with Crippen molar-refractivity contribution >= 4 is 17.4 Å². The minimum atomic E-state index is 1.06. The van der Waals surface area contributed by atoms with Crippen LogP contribution in [-0.2, 0) is 0 Å². The van der Waals surface area contributed by atoms with Crippen LogP contribution >= 0.6 is 11.8 Å². The Morgan fingerprint density at radius 3 is 2.43 bits per heavy atom. The lowest BCUT2D eigenvalue weighted by molar-refractivity contribution is 1.19. The van der Waals surface area contributed by atoms with Gasteiger partial charge >= 0.3 is 0 Å². The highest BCUT2D eigenvalue weighted by molar-refractivity contribution is 7.99. The lowest BCUT2D eigenvalue weighted by Gasteiger charge is -2.11. The molecule has 0 aliphatic carbocycles. The number of hydrogen-bond acceptors (Lipinski definition) is 2. The molecular weight excluding hydrogens is 190 g/mol. The molecule has 0 amide bonds. The van der Waals surface area contributed by atoms with Gasteiger partial charge in [-0.1, -0.05) is 25.1 Å². The largest absolute Gasteiger partial charge is 0.384 e. The Balaban J connectivity index is 2.49. The van der Waals surface area contributed by atoms with Gasteiger partial charge in [0.2, 0.25) is 0 Å². The fraction of sp³-hybridized carbons (Fsp3) is 0.500. The molecular formula is C12H19NS. The molecule has 0 radical (unpaired) electrons. The molecule has 2 heteroatoms. The molecule has 0 aliphatic heterocycles. The summed E-state index contributed by atoms with van der Waals surface area (Å²) in [5.74, 6) is 2.39. The van der Waals surface area contributed by atoms with Gasteiger partial charge in [0.15, 0.2) is 0 Å². The van der Waals surface area contributed by atoms with Crippen LogP contribution in [0.4, 0.5) is 5.69 Å². The highest BCUT2D eigenvalue weighted by atomic mass is 32.2. The number of aryl methyl sites for hydroxylation is 2. The molecule has 14 heavy (non-hydrogen) atoms. The molecule has 0 saturated heterocycles. The van der Waals surface area contributed by atoms with Gasteiger partial charge in [-0.25, -0.2) is 0 Å². The Bertz CT molecular complexity index is 263. The highest BCUT2D eigenvalue weighted by Crippen LogP contribution is 2.19. The van der Waals surface area contributed by atoms with Crippen molar-refractivity contribution in [3.05, 3.63) is 29.3 Å². The van der Waals surface area contributed by atoms with Gasteiger partial charge in [0.25, 0.3) is 0 Å². The molecule has 0 bridgehead atoms. The normalized spacial score (nSPS) is 10.2. The molecule has 1 rings (SSSR count). The number of hydrogen-bond donors (Lipinski definition) is 1. The number of benzene rings is 1. The average Bonchev–Trinajstić information content (AvgIpc) is 2.16. The third-order valence-electron chi connectivity index (χ3n) is 2.23. The number of para-hydroxylation sites is 1. The van der Waals surface area contributed by atoms with Crippen molar-refractivity contribution in [3.8, 4) is 0 Å². The van der Waals surface area contributed by atoms with E-state index in [1.54, 1.807) is 0 Å². The SMILES string of the molecule is CCSCCNc1c(C)cccc1C. The summed E-state index contributed by atoms with van der Waals surface area (Å²) < 4.78 is 0. The zero-order chi connectivity index (χ0) is 10.4. The van der Waals surface area contributed by atoms with Gasteiger partial charge < -0.3 is 5.32 Å². The van der Waals surface area contributed by atoms with E-state index in [0.29, 0.717) is 0 Å². The van der Waals surface area contributed by atoms with Crippen molar-refractivity contribution in [2.45, 2.75) is 20.8 Å². The van der Waals surface area contributed by atoms with Crippen molar-refractivity contribution in [3.63, 3.8) is 0 Å². The van der Waals surface area contributed by atoms with Crippen molar-refractivity contribution in [1.82, 2.24) is 0 Å². The zero-order valence-corrected chi connectivity index (χ0v) is 10.1. The number of rotatable bonds is 5. The number of nitrogens with one attached hydrogen (secondary N) is 1. The van der Waals surface area contributed by atoms with E-state index in [2.05, 4.69) is 44.3 Å². The average molecular weight is 209 g/mol. The van der Waals surface area contributed by atoms with Gasteiger partial charge in [0, 0.05) is 18.0 Å². The molecule has 0 aliphatic rings. The summed E-state index contributed by atoms with van der Waals surface area (Å²) in [6, 6.07) is 6.42. The maximum Gasteiger partial charge on any atom is 0.0399 e. The van der Waals surface area contributed by atoms with Gasteiger partial charge in [-0.3, -0.25) is 0 Å². The molecule has 0 spiro atoms. The third kappa shape index (κ3) is 3.26. The molecule has 1 aromatic carbocycles. The van der Waals surface area contributed by atoms with Crippen LogP contribution in [0.1, 0.15) is 18.1 Å². The lowest BCUT2D eigenvalue weighted by Crippen LogP contribution is -2.06. The first-order valence-electron chi connectivity index (χ1n) is 5.13. The van der Waals surface area contributed by atoms with Crippen LogP contribution in [0.15, 0.2) is 18.2 Å². The first kappa shape index (κ1) is 11.4. The van der Waals surface area contributed by atoms with E-state index >= 15 is 0 Å². The molecule has 0 saturated carbocycles. The van der Waals surface area contributed by atoms with Gasteiger partial charge in [0.1, 0.15) is 0 Å². The lowest BCUT2D eigenvalue weighted by atomic mass is 10.1. The van der Waals surface area contributed by atoms with E-state index in [4.69, 9.17) is 0 Å². The highest BCUT2D eigenvalue weighted by Gasteiger charge is 1.99. The molecule has 0 unspecified atom stereocenters. The molecule has 0 aromatic heterocycles. The fourth-order valence-corrected chi connectivity index (χ4v) is 2.02. The third-order valence-corrected chi connectivity index (χ3v) is 3.13. The van der Waals surface area contributed by atoms with E-state index < -0.39 is 0 Å². The summed E-state index contributed by atoms with van der Waals surface area (Å²) in [5, 5.41) is 3.50. The second kappa shape index (κ2) is 5.97. The van der Waals surface area contributed by atoms with Gasteiger partial charge in [-0.05, 0) is 30.7 Å². The number of thioether (sulfide) groups is 1. The maximum absolute atomic E-state index is 3.50. The van der Waals surface area contributed by atoms with Gasteiger partial charge in [0.05, 0.1) is 0 Å². The zero-order valence-electron chi connectivity index (χ0n) is 9.26. The minimum absolute atomic E-state index is 1.06. The summed E-state index contributed by atoms with van der Waals surface area (Å²) in [7, 11) is 0. The quantitative estimate of drug-likeness (QED) is 0.745.